The number of carboxylic acid groups (broad SMARTS) is 1. The van der Waals surface area contributed by atoms with Gasteiger partial charge in [0, 0.05) is 24.9 Å². The summed E-state index contributed by atoms with van der Waals surface area (Å²) in [7, 11) is 0. The highest BCUT2D eigenvalue weighted by atomic mass is 16.4. The van der Waals surface area contributed by atoms with Gasteiger partial charge in [-0.1, -0.05) is 13.8 Å². The number of aliphatic hydroxyl groups excluding tert-OH is 1. The number of H-pyrrole nitrogens is 1. The number of aromatic amines is 1. The van der Waals surface area contributed by atoms with Crippen LogP contribution >= 0.6 is 0 Å². The van der Waals surface area contributed by atoms with Crippen molar-refractivity contribution in [2.45, 2.75) is 109 Å². The number of carbonyl (C=O) groups is 6. The minimum absolute atomic E-state index is 0.0143. The molecule has 46 heavy (non-hydrogen) atoms. The molecule has 1 aliphatic rings. The number of rotatable bonds is 18. The van der Waals surface area contributed by atoms with E-state index in [0.29, 0.717) is 37.9 Å². The molecule has 0 aromatic carbocycles. The van der Waals surface area contributed by atoms with Crippen molar-refractivity contribution in [3.63, 3.8) is 0 Å². The SMILES string of the molecule is CC(C)[C@H](N)C(=O)N[C@@H](Cc1cnc[nH]1)C(=O)N[C@H](C(=O)N[C@@H](C)C(=O)N1CCC[C@H]1C(=O)N[C@@H](CCCCN)C(=O)O)[C@@H](C)O. The van der Waals surface area contributed by atoms with Gasteiger partial charge in [-0.15, -0.1) is 0 Å². The maximum atomic E-state index is 13.3. The molecule has 5 amide bonds. The highest BCUT2D eigenvalue weighted by molar-refractivity contribution is 5.96. The molecule has 17 nitrogen and oxygen atoms in total. The third-order valence-electron chi connectivity index (χ3n) is 7.82. The van der Waals surface area contributed by atoms with Gasteiger partial charge in [0.05, 0.1) is 18.5 Å². The molecule has 2 heterocycles. The fourth-order valence-corrected chi connectivity index (χ4v) is 4.99. The Morgan fingerprint density at radius 1 is 1.00 bits per heavy atom. The molecule has 1 aromatic rings. The standard InChI is InChI=1S/C29H49N9O8/c1-15(2)22(31)26(42)36-20(12-18-13-32-14-33-18)24(40)37-23(17(4)39)27(43)34-16(3)28(44)38-11-7-9-21(38)25(41)35-19(29(45)46)8-5-6-10-30/h13-17,19-23,39H,5-12,30-31H2,1-4H3,(H,32,33)(H,34,43)(H,35,41)(H,36,42)(H,37,40)(H,45,46)/t16-,17+,19-,20-,21-,22-,23-/m0/s1. The van der Waals surface area contributed by atoms with Crippen LogP contribution in [0.2, 0.25) is 0 Å². The van der Waals surface area contributed by atoms with Crippen molar-refractivity contribution >= 4 is 35.5 Å². The number of hydrogen-bond acceptors (Lipinski definition) is 10. The van der Waals surface area contributed by atoms with Crippen LogP contribution in [0.1, 0.15) is 65.5 Å². The molecule has 0 bridgehead atoms. The zero-order valence-corrected chi connectivity index (χ0v) is 26.8. The zero-order valence-electron chi connectivity index (χ0n) is 26.8. The van der Waals surface area contributed by atoms with Crippen LogP contribution in [-0.4, -0.2) is 116 Å². The number of nitrogens with one attached hydrogen (secondary N) is 5. The number of aliphatic carboxylic acids is 1. The second kappa shape index (κ2) is 18.2. The van der Waals surface area contributed by atoms with Crippen LogP contribution in [0.3, 0.4) is 0 Å². The molecule has 11 N–H and O–H groups in total. The van der Waals surface area contributed by atoms with Crippen LogP contribution < -0.4 is 32.7 Å². The van der Waals surface area contributed by atoms with Crippen molar-refractivity contribution in [2.24, 2.45) is 17.4 Å². The van der Waals surface area contributed by atoms with Crippen LogP contribution in [-0.2, 0) is 35.2 Å². The van der Waals surface area contributed by atoms with Gasteiger partial charge < -0.3 is 52.8 Å². The molecule has 2 rings (SSSR count). The summed E-state index contributed by atoms with van der Waals surface area (Å²) in [5.74, 6) is -4.85. The van der Waals surface area contributed by atoms with Crippen LogP contribution in [0.15, 0.2) is 12.5 Å². The summed E-state index contributed by atoms with van der Waals surface area (Å²) >= 11 is 0. The van der Waals surface area contributed by atoms with E-state index in [1.54, 1.807) is 13.8 Å². The number of aromatic nitrogens is 2. The Labute approximate surface area is 268 Å². The molecule has 1 aromatic heterocycles. The van der Waals surface area contributed by atoms with Gasteiger partial charge in [-0.2, -0.15) is 0 Å². The molecule has 0 aliphatic carbocycles. The van der Waals surface area contributed by atoms with Crippen LogP contribution in [0.5, 0.6) is 0 Å². The minimum atomic E-state index is -1.51. The first-order valence-corrected chi connectivity index (χ1v) is 15.5. The van der Waals surface area contributed by atoms with Crippen molar-refractivity contribution < 1.29 is 39.0 Å². The third-order valence-corrected chi connectivity index (χ3v) is 7.82. The number of nitrogens with zero attached hydrogens (tertiary/aromatic N) is 2. The molecule has 0 unspecified atom stereocenters. The Morgan fingerprint density at radius 3 is 2.26 bits per heavy atom. The monoisotopic (exact) mass is 651 g/mol. The van der Waals surface area contributed by atoms with E-state index in [4.69, 9.17) is 11.5 Å². The Kier molecular flexibility index (Phi) is 15.0. The maximum absolute atomic E-state index is 13.3. The zero-order chi connectivity index (χ0) is 34.6. The Balaban J connectivity index is 2.10. The highest BCUT2D eigenvalue weighted by Gasteiger charge is 2.39. The summed E-state index contributed by atoms with van der Waals surface area (Å²) in [6.45, 7) is 6.78. The first kappa shape index (κ1) is 38.1. The smallest absolute Gasteiger partial charge is 0.326 e. The first-order valence-electron chi connectivity index (χ1n) is 15.5. The number of likely N-dealkylation sites (tertiary alicyclic amines) is 1. The Bertz CT molecular complexity index is 1190. The number of unbranched alkanes of at least 4 members (excludes halogenated alkanes) is 1. The highest BCUT2D eigenvalue weighted by Crippen LogP contribution is 2.19. The second-order valence-electron chi connectivity index (χ2n) is 11.9. The van der Waals surface area contributed by atoms with Gasteiger partial charge in [0.2, 0.25) is 29.5 Å². The van der Waals surface area contributed by atoms with E-state index in [2.05, 4.69) is 31.2 Å². The molecule has 0 radical (unpaired) electrons. The molecule has 1 saturated heterocycles. The summed E-state index contributed by atoms with van der Waals surface area (Å²) in [6.07, 6.45) is 3.56. The molecule has 0 saturated carbocycles. The predicted octanol–water partition coefficient (Wildman–Crippen LogP) is -2.52. The molecule has 1 fully saturated rings. The second-order valence-corrected chi connectivity index (χ2v) is 11.9. The van der Waals surface area contributed by atoms with Crippen molar-refractivity contribution in [3.8, 4) is 0 Å². The topological polar surface area (TPSA) is 275 Å². The van der Waals surface area contributed by atoms with E-state index in [9.17, 15) is 39.0 Å². The largest absolute Gasteiger partial charge is 0.480 e. The van der Waals surface area contributed by atoms with Gasteiger partial charge in [0.15, 0.2) is 0 Å². The number of amides is 5. The number of hydrogen-bond donors (Lipinski definition) is 9. The summed E-state index contributed by atoms with van der Waals surface area (Å²) in [5, 5.41) is 29.9. The van der Waals surface area contributed by atoms with E-state index >= 15 is 0 Å². The molecule has 258 valence electrons. The van der Waals surface area contributed by atoms with E-state index in [-0.39, 0.29) is 25.3 Å². The normalized spacial score (nSPS) is 18.5. The van der Waals surface area contributed by atoms with Gasteiger partial charge in [-0.3, -0.25) is 24.0 Å². The van der Waals surface area contributed by atoms with E-state index in [0.717, 1.165) is 0 Å². The Hall–Kier alpha value is -4.09. The number of carbonyl (C=O) groups excluding carboxylic acids is 5. The van der Waals surface area contributed by atoms with E-state index in [1.165, 1.54) is 31.3 Å². The average Bonchev–Trinajstić information content (AvgIpc) is 3.70. The lowest BCUT2D eigenvalue weighted by molar-refractivity contribution is -0.145. The van der Waals surface area contributed by atoms with Gasteiger partial charge in [-0.25, -0.2) is 9.78 Å². The first-order chi connectivity index (χ1) is 21.7. The van der Waals surface area contributed by atoms with Gasteiger partial charge in [-0.05, 0) is 58.4 Å². The van der Waals surface area contributed by atoms with Crippen molar-refractivity contribution in [3.05, 3.63) is 18.2 Å². The lowest BCUT2D eigenvalue weighted by Crippen LogP contribution is -2.61. The van der Waals surface area contributed by atoms with Crippen molar-refractivity contribution in [1.29, 1.82) is 0 Å². The van der Waals surface area contributed by atoms with Crippen molar-refractivity contribution in [1.82, 2.24) is 36.1 Å². The molecule has 17 heteroatoms. The quantitative estimate of drug-likeness (QED) is 0.0747. The number of nitrogens with two attached hydrogens (primary N) is 2. The minimum Gasteiger partial charge on any atom is -0.480 e. The van der Waals surface area contributed by atoms with Crippen molar-refractivity contribution in [2.75, 3.05) is 13.1 Å². The Morgan fingerprint density at radius 2 is 1.70 bits per heavy atom. The third kappa shape index (κ3) is 11.1. The van der Waals surface area contributed by atoms with Gasteiger partial charge in [0.25, 0.3) is 0 Å². The number of carboxylic acids is 1. The summed E-state index contributed by atoms with van der Waals surface area (Å²) < 4.78 is 0. The molecule has 0 spiro atoms. The van der Waals surface area contributed by atoms with Crippen LogP contribution in [0.4, 0.5) is 0 Å². The molecule has 1 aliphatic heterocycles. The lowest BCUT2D eigenvalue weighted by Gasteiger charge is -2.30. The fourth-order valence-electron chi connectivity index (χ4n) is 4.99. The fraction of sp³-hybridized carbons (Fsp3) is 0.690. The maximum Gasteiger partial charge on any atom is 0.326 e. The molecule has 7 atom stereocenters. The number of aliphatic hydroxyl groups is 1. The van der Waals surface area contributed by atoms with Crippen LogP contribution in [0.25, 0.3) is 0 Å². The van der Waals surface area contributed by atoms with E-state index < -0.39 is 77.9 Å². The number of imidazole rings is 1. The summed E-state index contributed by atoms with van der Waals surface area (Å²) in [4.78, 5) is 85.3. The average molecular weight is 652 g/mol. The van der Waals surface area contributed by atoms with Gasteiger partial charge in [0.1, 0.15) is 30.2 Å². The predicted molar refractivity (Wildman–Crippen MR) is 165 cm³/mol. The van der Waals surface area contributed by atoms with Gasteiger partial charge >= 0.3 is 5.97 Å². The van der Waals surface area contributed by atoms with Crippen LogP contribution in [0, 0.1) is 5.92 Å². The lowest BCUT2D eigenvalue weighted by atomic mass is 10.0. The van der Waals surface area contributed by atoms with E-state index in [1.807, 2.05) is 0 Å². The summed E-state index contributed by atoms with van der Waals surface area (Å²) in [6, 6.07) is -6.82. The molecular weight excluding hydrogens is 602 g/mol. The summed E-state index contributed by atoms with van der Waals surface area (Å²) in [5.41, 5.74) is 11.9. The molecular formula is C29H49N9O8.